The molecule has 0 aliphatic heterocycles. The highest BCUT2D eigenvalue weighted by Gasteiger charge is 2.08. The molecule has 3 nitrogen and oxygen atoms in total. The summed E-state index contributed by atoms with van der Waals surface area (Å²) in [6.45, 7) is 0. The molecule has 0 N–H and O–H groups in total. The van der Waals surface area contributed by atoms with Gasteiger partial charge in [-0.25, -0.2) is 9.50 Å². The lowest BCUT2D eigenvalue weighted by molar-refractivity contribution is 0.932. The third kappa shape index (κ3) is 1.94. The maximum absolute atomic E-state index is 5.89. The summed E-state index contributed by atoms with van der Waals surface area (Å²) >= 11 is 9.32. The molecule has 3 aromatic rings. The molecule has 0 aliphatic carbocycles. The van der Waals surface area contributed by atoms with Gasteiger partial charge in [-0.2, -0.15) is 5.10 Å². The maximum Gasteiger partial charge on any atom is 0.168 e. The number of fused-ring (bicyclic) bond motifs is 1. The first-order valence-electron chi connectivity index (χ1n) is 5.01. The number of hydrogen-bond acceptors (Lipinski definition) is 2. The van der Waals surface area contributed by atoms with Crippen molar-refractivity contribution < 1.29 is 0 Å². The highest BCUT2D eigenvalue weighted by molar-refractivity contribution is 9.10. The summed E-state index contributed by atoms with van der Waals surface area (Å²) < 4.78 is 2.51. The van der Waals surface area contributed by atoms with E-state index in [1.807, 2.05) is 36.5 Å². The summed E-state index contributed by atoms with van der Waals surface area (Å²) in [5.41, 5.74) is 2.69. The molecule has 0 saturated heterocycles. The smallest absolute Gasteiger partial charge is 0.168 e. The summed E-state index contributed by atoms with van der Waals surface area (Å²) in [4.78, 5) is 4.52. The van der Waals surface area contributed by atoms with Gasteiger partial charge in [-0.05, 0) is 22.0 Å². The van der Waals surface area contributed by atoms with E-state index in [1.54, 1.807) is 10.6 Å². The molecular weight excluding hydrogens is 302 g/mol. The monoisotopic (exact) mass is 307 g/mol. The summed E-state index contributed by atoms with van der Waals surface area (Å²) in [5.74, 6) is 0. The van der Waals surface area contributed by atoms with Gasteiger partial charge in [0.2, 0.25) is 0 Å². The summed E-state index contributed by atoms with van der Waals surface area (Å²) in [7, 11) is 0. The molecule has 0 spiro atoms. The third-order valence-corrected chi connectivity index (χ3v) is 3.19. The van der Waals surface area contributed by atoms with E-state index in [-0.39, 0.29) is 0 Å². The average Bonchev–Trinajstić information content (AvgIpc) is 2.74. The Morgan fingerprint density at radius 1 is 1.18 bits per heavy atom. The lowest BCUT2D eigenvalue weighted by Crippen LogP contribution is -1.90. The summed E-state index contributed by atoms with van der Waals surface area (Å²) in [6.07, 6.45) is 1.86. The minimum Gasteiger partial charge on any atom is -0.226 e. The Morgan fingerprint density at radius 3 is 2.71 bits per heavy atom. The Bertz CT molecular complexity index is 679. The van der Waals surface area contributed by atoms with E-state index >= 15 is 0 Å². The van der Waals surface area contributed by atoms with Crippen molar-refractivity contribution in [2.45, 2.75) is 0 Å². The van der Waals surface area contributed by atoms with Crippen LogP contribution in [0.25, 0.3) is 16.9 Å². The summed E-state index contributed by atoms with van der Waals surface area (Å²) in [5, 5.41) is 4.60. The molecule has 0 fully saturated rings. The van der Waals surface area contributed by atoms with Crippen molar-refractivity contribution in [1.82, 2.24) is 14.6 Å². The predicted octanol–water partition coefficient (Wildman–Crippen LogP) is 3.81. The van der Waals surface area contributed by atoms with E-state index in [4.69, 9.17) is 11.6 Å². The number of rotatable bonds is 1. The standard InChI is InChI=1S/C12H7BrClN3/c13-9-6-11(14)16-17-7-10(15-12(9)17)8-4-2-1-3-5-8/h1-7H. The molecule has 2 aromatic heterocycles. The van der Waals surface area contributed by atoms with Crippen LogP contribution in [-0.4, -0.2) is 14.6 Å². The van der Waals surface area contributed by atoms with Crippen LogP contribution in [0.1, 0.15) is 0 Å². The number of halogens is 2. The Balaban J connectivity index is 2.24. The van der Waals surface area contributed by atoms with E-state index in [2.05, 4.69) is 26.0 Å². The van der Waals surface area contributed by atoms with E-state index < -0.39 is 0 Å². The molecule has 2 heterocycles. The van der Waals surface area contributed by atoms with Crippen LogP contribution < -0.4 is 0 Å². The first kappa shape index (κ1) is 10.7. The van der Waals surface area contributed by atoms with Crippen molar-refractivity contribution in [2.75, 3.05) is 0 Å². The van der Waals surface area contributed by atoms with Crippen molar-refractivity contribution in [2.24, 2.45) is 0 Å². The molecule has 0 aliphatic rings. The normalized spacial score (nSPS) is 10.9. The second kappa shape index (κ2) is 4.13. The Labute approximate surface area is 111 Å². The van der Waals surface area contributed by atoms with Crippen LogP contribution in [-0.2, 0) is 0 Å². The molecular formula is C12H7BrClN3. The van der Waals surface area contributed by atoms with Crippen LogP contribution in [0.5, 0.6) is 0 Å². The second-order valence-corrected chi connectivity index (χ2v) is 4.82. The van der Waals surface area contributed by atoms with Gasteiger partial charge in [0.05, 0.1) is 16.4 Å². The van der Waals surface area contributed by atoms with Gasteiger partial charge in [-0.3, -0.25) is 0 Å². The van der Waals surface area contributed by atoms with Crippen LogP contribution in [0.4, 0.5) is 0 Å². The van der Waals surface area contributed by atoms with Gasteiger partial charge in [-0.1, -0.05) is 41.9 Å². The van der Waals surface area contributed by atoms with Crippen molar-refractivity contribution in [3.63, 3.8) is 0 Å². The number of hydrogen-bond donors (Lipinski definition) is 0. The van der Waals surface area contributed by atoms with Crippen molar-refractivity contribution in [3.8, 4) is 11.3 Å². The van der Waals surface area contributed by atoms with Crippen LogP contribution in [0.15, 0.2) is 47.1 Å². The van der Waals surface area contributed by atoms with Crippen molar-refractivity contribution in [1.29, 1.82) is 0 Å². The minimum absolute atomic E-state index is 0.432. The molecule has 0 unspecified atom stereocenters. The van der Waals surface area contributed by atoms with E-state index in [0.717, 1.165) is 21.4 Å². The summed E-state index contributed by atoms with van der Waals surface area (Å²) in [6, 6.07) is 11.7. The highest BCUT2D eigenvalue weighted by Crippen LogP contribution is 2.24. The van der Waals surface area contributed by atoms with E-state index in [9.17, 15) is 0 Å². The molecule has 17 heavy (non-hydrogen) atoms. The van der Waals surface area contributed by atoms with Gasteiger partial charge in [0.1, 0.15) is 0 Å². The number of nitrogens with zero attached hydrogens (tertiary/aromatic N) is 3. The SMILES string of the molecule is Clc1cc(Br)c2nc(-c3ccccc3)cn2n1. The fourth-order valence-electron chi connectivity index (χ4n) is 1.66. The molecule has 0 atom stereocenters. The maximum atomic E-state index is 5.89. The van der Waals surface area contributed by atoms with Gasteiger partial charge in [0.15, 0.2) is 10.8 Å². The Kier molecular flexibility index (Phi) is 2.61. The second-order valence-electron chi connectivity index (χ2n) is 3.58. The predicted molar refractivity (Wildman–Crippen MR) is 71.1 cm³/mol. The van der Waals surface area contributed by atoms with Gasteiger partial charge in [-0.15, -0.1) is 0 Å². The highest BCUT2D eigenvalue weighted by atomic mass is 79.9. The minimum atomic E-state index is 0.432. The van der Waals surface area contributed by atoms with Crippen LogP contribution in [0.3, 0.4) is 0 Å². The lowest BCUT2D eigenvalue weighted by atomic mass is 10.2. The van der Waals surface area contributed by atoms with Gasteiger partial charge >= 0.3 is 0 Å². The fraction of sp³-hybridized carbons (Fsp3) is 0. The van der Waals surface area contributed by atoms with Gasteiger partial charge < -0.3 is 0 Å². The molecule has 0 amide bonds. The largest absolute Gasteiger partial charge is 0.226 e. The topological polar surface area (TPSA) is 30.2 Å². The first-order chi connectivity index (χ1) is 8.24. The van der Waals surface area contributed by atoms with Gasteiger partial charge in [0, 0.05) is 5.56 Å². The van der Waals surface area contributed by atoms with Crippen LogP contribution >= 0.6 is 27.5 Å². The Morgan fingerprint density at radius 2 is 1.94 bits per heavy atom. The van der Waals surface area contributed by atoms with Crippen molar-refractivity contribution in [3.05, 3.63) is 52.2 Å². The molecule has 84 valence electrons. The van der Waals surface area contributed by atoms with Crippen molar-refractivity contribution >= 4 is 33.2 Å². The zero-order valence-corrected chi connectivity index (χ0v) is 11.0. The van der Waals surface area contributed by atoms with Gasteiger partial charge in [0.25, 0.3) is 0 Å². The molecule has 0 bridgehead atoms. The first-order valence-corrected chi connectivity index (χ1v) is 6.18. The lowest BCUT2D eigenvalue weighted by Gasteiger charge is -1.94. The molecule has 1 aromatic carbocycles. The van der Waals surface area contributed by atoms with E-state index in [0.29, 0.717) is 5.15 Å². The number of aromatic nitrogens is 3. The third-order valence-electron chi connectivity index (χ3n) is 2.42. The van der Waals surface area contributed by atoms with Crippen LogP contribution in [0.2, 0.25) is 5.15 Å². The van der Waals surface area contributed by atoms with Crippen LogP contribution in [0, 0.1) is 0 Å². The number of benzene rings is 1. The zero-order valence-electron chi connectivity index (χ0n) is 8.64. The molecule has 0 radical (unpaired) electrons. The quantitative estimate of drug-likeness (QED) is 0.684. The molecule has 3 rings (SSSR count). The molecule has 0 saturated carbocycles. The number of imidazole rings is 1. The van der Waals surface area contributed by atoms with E-state index in [1.165, 1.54) is 0 Å². The molecule has 5 heteroatoms. The zero-order chi connectivity index (χ0) is 11.8. The Hall–Kier alpha value is -1.39. The average molecular weight is 309 g/mol. The fourth-order valence-corrected chi connectivity index (χ4v) is 2.47.